The molecule has 0 fully saturated rings. The quantitative estimate of drug-likeness (QED) is 0.719. The summed E-state index contributed by atoms with van der Waals surface area (Å²) in [5.74, 6) is -0.407. The van der Waals surface area contributed by atoms with Gasteiger partial charge in [-0.1, -0.05) is 6.07 Å². The summed E-state index contributed by atoms with van der Waals surface area (Å²) in [6.45, 7) is 0.567. The molecule has 0 radical (unpaired) electrons. The van der Waals surface area contributed by atoms with Gasteiger partial charge >= 0.3 is 0 Å². The van der Waals surface area contributed by atoms with E-state index >= 15 is 0 Å². The SMILES string of the molecule is Cn1c(C(=O)NCC(=O)NCCc2cccs2)cc2sccc21. The van der Waals surface area contributed by atoms with Gasteiger partial charge in [0.1, 0.15) is 5.69 Å². The first kappa shape index (κ1) is 15.8. The van der Waals surface area contributed by atoms with Gasteiger partial charge in [-0.05, 0) is 35.4 Å². The van der Waals surface area contributed by atoms with Gasteiger partial charge in [-0.2, -0.15) is 0 Å². The minimum absolute atomic E-state index is 0.0118. The number of nitrogens with one attached hydrogen (secondary N) is 2. The lowest BCUT2D eigenvalue weighted by atomic mass is 10.3. The maximum absolute atomic E-state index is 12.2. The number of nitrogens with zero attached hydrogens (tertiary/aromatic N) is 1. The van der Waals surface area contributed by atoms with Gasteiger partial charge in [0.2, 0.25) is 5.91 Å². The molecule has 23 heavy (non-hydrogen) atoms. The maximum Gasteiger partial charge on any atom is 0.268 e. The first-order valence-corrected chi connectivity index (χ1v) is 9.01. The monoisotopic (exact) mass is 347 g/mol. The molecule has 0 saturated heterocycles. The Morgan fingerprint density at radius 3 is 2.78 bits per heavy atom. The van der Waals surface area contributed by atoms with Gasteiger partial charge < -0.3 is 15.2 Å². The molecule has 120 valence electrons. The highest BCUT2D eigenvalue weighted by atomic mass is 32.1. The Bertz CT molecular complexity index is 818. The van der Waals surface area contributed by atoms with E-state index in [1.807, 2.05) is 46.6 Å². The zero-order chi connectivity index (χ0) is 16.2. The van der Waals surface area contributed by atoms with Crippen LogP contribution >= 0.6 is 22.7 Å². The summed E-state index contributed by atoms with van der Waals surface area (Å²) in [6, 6.07) is 7.87. The largest absolute Gasteiger partial charge is 0.354 e. The Labute approximate surface area is 141 Å². The molecule has 2 amide bonds. The van der Waals surface area contributed by atoms with Gasteiger partial charge in [0, 0.05) is 18.5 Å². The van der Waals surface area contributed by atoms with Crippen molar-refractivity contribution >= 4 is 44.7 Å². The predicted octanol–water partition coefficient (Wildman–Crippen LogP) is 2.39. The maximum atomic E-state index is 12.2. The van der Waals surface area contributed by atoms with Gasteiger partial charge in [-0.3, -0.25) is 9.59 Å². The van der Waals surface area contributed by atoms with Gasteiger partial charge in [0.15, 0.2) is 0 Å². The van der Waals surface area contributed by atoms with Crippen LogP contribution in [0.1, 0.15) is 15.4 Å². The van der Waals surface area contributed by atoms with Crippen molar-refractivity contribution in [3.05, 3.63) is 45.6 Å². The van der Waals surface area contributed by atoms with Crippen LogP contribution in [0.15, 0.2) is 35.0 Å². The van der Waals surface area contributed by atoms with Crippen molar-refractivity contribution in [2.45, 2.75) is 6.42 Å². The minimum atomic E-state index is -0.232. The summed E-state index contributed by atoms with van der Waals surface area (Å²) in [6.07, 6.45) is 0.811. The van der Waals surface area contributed by atoms with Crippen LogP contribution in [-0.2, 0) is 18.3 Å². The molecule has 0 aliphatic heterocycles. The molecule has 0 spiro atoms. The van der Waals surface area contributed by atoms with E-state index in [0.717, 1.165) is 16.6 Å². The van der Waals surface area contributed by atoms with E-state index in [1.165, 1.54) is 4.88 Å². The summed E-state index contributed by atoms with van der Waals surface area (Å²) < 4.78 is 2.91. The molecule has 7 heteroatoms. The number of amides is 2. The first-order chi connectivity index (χ1) is 11.1. The van der Waals surface area contributed by atoms with Crippen LogP contribution in [0.4, 0.5) is 0 Å². The van der Waals surface area contributed by atoms with Crippen LogP contribution in [0.2, 0.25) is 0 Å². The Hall–Kier alpha value is -2.12. The van der Waals surface area contributed by atoms with E-state index in [2.05, 4.69) is 10.6 Å². The summed E-state index contributed by atoms with van der Waals surface area (Å²) >= 11 is 3.27. The van der Waals surface area contributed by atoms with Crippen LogP contribution in [0.3, 0.4) is 0 Å². The number of carbonyl (C=O) groups excluding carboxylic acids is 2. The second-order valence-electron chi connectivity index (χ2n) is 5.12. The first-order valence-electron chi connectivity index (χ1n) is 7.25. The molecule has 0 aromatic carbocycles. The summed E-state index contributed by atoms with van der Waals surface area (Å²) in [5, 5.41) is 9.49. The third kappa shape index (κ3) is 3.62. The van der Waals surface area contributed by atoms with Crippen molar-refractivity contribution in [2.24, 2.45) is 7.05 Å². The topological polar surface area (TPSA) is 63.1 Å². The van der Waals surface area contributed by atoms with Crippen LogP contribution in [0.5, 0.6) is 0 Å². The number of fused-ring (bicyclic) bond motifs is 1. The van der Waals surface area contributed by atoms with Crippen molar-refractivity contribution in [3.63, 3.8) is 0 Å². The number of rotatable bonds is 6. The van der Waals surface area contributed by atoms with Gasteiger partial charge in [0.25, 0.3) is 5.91 Å². The average molecular weight is 347 g/mol. The molecule has 0 bridgehead atoms. The Balaban J connectivity index is 1.47. The second kappa shape index (κ2) is 6.97. The van der Waals surface area contributed by atoms with Crippen molar-refractivity contribution in [1.82, 2.24) is 15.2 Å². The van der Waals surface area contributed by atoms with E-state index in [1.54, 1.807) is 22.7 Å². The van der Waals surface area contributed by atoms with E-state index in [4.69, 9.17) is 0 Å². The molecule has 0 aliphatic carbocycles. The normalized spacial score (nSPS) is 10.8. The minimum Gasteiger partial charge on any atom is -0.354 e. The smallest absolute Gasteiger partial charge is 0.268 e. The number of thiophene rings is 2. The summed E-state index contributed by atoms with van der Waals surface area (Å²) in [4.78, 5) is 25.2. The second-order valence-corrected chi connectivity index (χ2v) is 7.10. The summed E-state index contributed by atoms with van der Waals surface area (Å²) in [7, 11) is 1.85. The van der Waals surface area contributed by atoms with E-state index in [9.17, 15) is 9.59 Å². The Kier molecular flexibility index (Phi) is 4.78. The molecule has 0 aliphatic rings. The highest BCUT2D eigenvalue weighted by Gasteiger charge is 2.14. The number of carbonyl (C=O) groups is 2. The molecular weight excluding hydrogens is 330 g/mol. The lowest BCUT2D eigenvalue weighted by Gasteiger charge is -2.07. The number of hydrogen-bond acceptors (Lipinski definition) is 4. The number of aromatic nitrogens is 1. The van der Waals surface area contributed by atoms with Crippen molar-refractivity contribution < 1.29 is 9.59 Å². The molecule has 3 heterocycles. The van der Waals surface area contributed by atoms with E-state index < -0.39 is 0 Å². The molecule has 2 N–H and O–H groups in total. The standard InChI is InChI=1S/C16H17N3O2S2/c1-19-12-5-8-23-14(12)9-13(19)16(21)18-10-15(20)17-6-4-11-3-2-7-22-11/h2-3,5,7-9H,4,6,10H2,1H3,(H,17,20)(H,18,21). The molecule has 3 rings (SSSR count). The molecule has 3 aromatic rings. The third-order valence-electron chi connectivity index (χ3n) is 3.58. The van der Waals surface area contributed by atoms with Crippen molar-refractivity contribution in [1.29, 1.82) is 0 Å². The van der Waals surface area contributed by atoms with E-state index in [0.29, 0.717) is 12.2 Å². The predicted molar refractivity (Wildman–Crippen MR) is 94.2 cm³/mol. The molecular formula is C16H17N3O2S2. The van der Waals surface area contributed by atoms with Crippen molar-refractivity contribution in [3.8, 4) is 0 Å². The van der Waals surface area contributed by atoms with Crippen LogP contribution < -0.4 is 10.6 Å². The van der Waals surface area contributed by atoms with Crippen LogP contribution in [0, 0.1) is 0 Å². The lowest BCUT2D eigenvalue weighted by Crippen LogP contribution is -2.38. The molecule has 0 saturated carbocycles. The highest BCUT2D eigenvalue weighted by molar-refractivity contribution is 7.17. The van der Waals surface area contributed by atoms with Gasteiger partial charge in [-0.15, -0.1) is 22.7 Å². The zero-order valence-electron chi connectivity index (χ0n) is 12.7. The number of aryl methyl sites for hydroxylation is 1. The molecule has 0 atom stereocenters. The fraction of sp³-hybridized carbons (Fsp3) is 0.250. The zero-order valence-corrected chi connectivity index (χ0v) is 14.3. The fourth-order valence-electron chi connectivity index (χ4n) is 2.36. The average Bonchev–Trinajstić information content (AvgIpc) is 3.24. The highest BCUT2D eigenvalue weighted by Crippen LogP contribution is 2.23. The van der Waals surface area contributed by atoms with E-state index in [-0.39, 0.29) is 18.4 Å². The summed E-state index contributed by atoms with van der Waals surface area (Å²) in [5.41, 5.74) is 1.60. The van der Waals surface area contributed by atoms with Crippen LogP contribution in [0.25, 0.3) is 10.2 Å². The molecule has 0 unspecified atom stereocenters. The lowest BCUT2D eigenvalue weighted by molar-refractivity contribution is -0.120. The van der Waals surface area contributed by atoms with Crippen molar-refractivity contribution in [2.75, 3.05) is 13.1 Å². The fourth-order valence-corrected chi connectivity index (χ4v) is 3.92. The third-order valence-corrected chi connectivity index (χ3v) is 5.37. The van der Waals surface area contributed by atoms with Crippen LogP contribution in [-0.4, -0.2) is 29.5 Å². The molecule has 3 aromatic heterocycles. The molecule has 5 nitrogen and oxygen atoms in total. The Morgan fingerprint density at radius 2 is 2.04 bits per heavy atom. The van der Waals surface area contributed by atoms with Gasteiger partial charge in [0.05, 0.1) is 16.8 Å². The Morgan fingerprint density at radius 1 is 1.17 bits per heavy atom. The number of hydrogen-bond donors (Lipinski definition) is 2. The van der Waals surface area contributed by atoms with Gasteiger partial charge in [-0.25, -0.2) is 0 Å².